The van der Waals surface area contributed by atoms with Gasteiger partial charge < -0.3 is 25.8 Å². The molecular formula is C28H29N9O. The van der Waals surface area contributed by atoms with E-state index in [2.05, 4.69) is 20.9 Å². The van der Waals surface area contributed by atoms with Crippen LogP contribution >= 0.6 is 0 Å². The summed E-state index contributed by atoms with van der Waals surface area (Å²) in [6.45, 7) is 5.62. The van der Waals surface area contributed by atoms with E-state index in [1.807, 2.05) is 51.5 Å². The molecule has 10 heteroatoms. The Balaban J connectivity index is 1.44. The van der Waals surface area contributed by atoms with Crippen molar-refractivity contribution < 1.29 is 4.42 Å². The normalized spacial score (nSPS) is 14.9. The van der Waals surface area contributed by atoms with Crippen molar-refractivity contribution in [3.63, 3.8) is 0 Å². The number of fused-ring (bicyclic) bond motifs is 2. The number of nitrogens with two attached hydrogens (primary N) is 2. The Labute approximate surface area is 219 Å². The van der Waals surface area contributed by atoms with Crippen molar-refractivity contribution in [1.29, 1.82) is 0 Å². The molecule has 1 saturated heterocycles. The third-order valence-corrected chi connectivity index (χ3v) is 6.65. The lowest BCUT2D eigenvalue weighted by Crippen LogP contribution is -2.57. The summed E-state index contributed by atoms with van der Waals surface area (Å²) in [4.78, 5) is 19.7. The van der Waals surface area contributed by atoms with Gasteiger partial charge in [0.05, 0.1) is 35.6 Å². The van der Waals surface area contributed by atoms with Crippen LogP contribution in [0.5, 0.6) is 0 Å². The van der Waals surface area contributed by atoms with Gasteiger partial charge in [-0.2, -0.15) is 5.10 Å². The number of hydrogen-bond donors (Lipinski definition) is 3. The van der Waals surface area contributed by atoms with Crippen LogP contribution in [0.4, 0.5) is 0 Å². The van der Waals surface area contributed by atoms with Crippen LogP contribution < -0.4 is 11.5 Å². The van der Waals surface area contributed by atoms with Gasteiger partial charge in [-0.3, -0.25) is 4.98 Å². The van der Waals surface area contributed by atoms with Crippen molar-refractivity contribution >= 4 is 33.5 Å². The number of amidine groups is 1. The number of furan rings is 1. The van der Waals surface area contributed by atoms with Crippen LogP contribution in [0, 0.1) is 0 Å². The molecule has 0 spiro atoms. The van der Waals surface area contributed by atoms with Gasteiger partial charge in [-0.15, -0.1) is 0 Å². The Hall–Kier alpha value is -4.70. The fourth-order valence-corrected chi connectivity index (χ4v) is 4.78. The van der Waals surface area contributed by atoms with Crippen LogP contribution in [0.25, 0.3) is 50.1 Å². The second kappa shape index (κ2) is 9.31. The van der Waals surface area contributed by atoms with E-state index in [0.717, 1.165) is 74.5 Å². The van der Waals surface area contributed by atoms with Crippen molar-refractivity contribution in [3.05, 3.63) is 72.7 Å². The van der Waals surface area contributed by atoms with Gasteiger partial charge in [0.1, 0.15) is 11.5 Å². The highest BCUT2D eigenvalue weighted by Gasteiger charge is 2.25. The zero-order valence-corrected chi connectivity index (χ0v) is 21.5. The molecular weight excluding hydrogens is 478 g/mol. The molecule has 0 saturated carbocycles. The summed E-state index contributed by atoms with van der Waals surface area (Å²) in [6.07, 6.45) is 12.4. The van der Waals surface area contributed by atoms with Crippen molar-refractivity contribution in [2.45, 2.75) is 19.9 Å². The van der Waals surface area contributed by atoms with E-state index in [1.165, 1.54) is 6.20 Å². The van der Waals surface area contributed by atoms with Crippen LogP contribution in [-0.2, 0) is 7.05 Å². The average molecular weight is 508 g/mol. The highest BCUT2D eigenvalue weighted by Crippen LogP contribution is 2.34. The largest absolute Gasteiger partial charge is 0.472 e. The molecule has 1 aliphatic rings. The second-order valence-corrected chi connectivity index (χ2v) is 9.82. The standard InChI is InChI=1S/C28H29N9O/c1-16(2)6-26(37-13-19(30)14-37)34-24(9-29)18-7-21-27(35-36(3)28(21)32-10-18)23-8-20-22(17-4-5-38-15-17)11-31-12-25(20)33-23/h4-12,15,19,33H,13-14,29-30H2,1-3H3/b24-9-,34-26?. The Morgan fingerprint density at radius 1 is 1.18 bits per heavy atom. The minimum absolute atomic E-state index is 0.160. The molecule has 1 aliphatic heterocycles. The quantitative estimate of drug-likeness (QED) is 0.241. The number of nitrogens with zero attached hydrogens (tertiary/aromatic N) is 6. The molecule has 0 aliphatic carbocycles. The first-order valence-electron chi connectivity index (χ1n) is 12.4. The van der Waals surface area contributed by atoms with Gasteiger partial charge in [0.15, 0.2) is 5.65 Å². The number of allylic oxidation sites excluding steroid dienone is 1. The molecule has 38 heavy (non-hydrogen) atoms. The second-order valence-electron chi connectivity index (χ2n) is 9.82. The molecule has 10 nitrogen and oxygen atoms in total. The van der Waals surface area contributed by atoms with Gasteiger partial charge in [-0.25, -0.2) is 14.7 Å². The zero-order valence-electron chi connectivity index (χ0n) is 21.5. The van der Waals surface area contributed by atoms with Crippen LogP contribution in [-0.4, -0.2) is 54.6 Å². The molecule has 5 aromatic heterocycles. The van der Waals surface area contributed by atoms with Crippen LogP contribution in [0.1, 0.15) is 19.4 Å². The van der Waals surface area contributed by atoms with Gasteiger partial charge in [-0.05, 0) is 38.1 Å². The van der Waals surface area contributed by atoms with Gasteiger partial charge in [0.25, 0.3) is 0 Å². The molecule has 6 rings (SSSR count). The average Bonchev–Trinajstić information content (AvgIpc) is 3.63. The lowest BCUT2D eigenvalue weighted by Gasteiger charge is -2.38. The van der Waals surface area contributed by atoms with E-state index in [4.69, 9.17) is 31.0 Å². The fourth-order valence-electron chi connectivity index (χ4n) is 4.78. The maximum Gasteiger partial charge on any atom is 0.158 e. The number of hydrogen-bond acceptors (Lipinski definition) is 7. The first-order chi connectivity index (χ1) is 18.4. The summed E-state index contributed by atoms with van der Waals surface area (Å²) in [5, 5.41) is 6.72. The lowest BCUT2D eigenvalue weighted by atomic mass is 10.1. The molecule has 5 N–H and O–H groups in total. The van der Waals surface area contributed by atoms with Crippen molar-refractivity contribution in [2.24, 2.45) is 23.5 Å². The van der Waals surface area contributed by atoms with Crippen molar-refractivity contribution in [2.75, 3.05) is 13.1 Å². The number of aromatic nitrogens is 5. The highest BCUT2D eigenvalue weighted by molar-refractivity contribution is 6.01. The number of H-pyrrole nitrogens is 1. The summed E-state index contributed by atoms with van der Waals surface area (Å²) in [5.41, 5.74) is 19.9. The summed E-state index contributed by atoms with van der Waals surface area (Å²) >= 11 is 0. The highest BCUT2D eigenvalue weighted by atomic mass is 16.3. The van der Waals surface area contributed by atoms with E-state index >= 15 is 0 Å². The number of nitrogens with one attached hydrogen (secondary N) is 1. The molecule has 0 unspecified atom stereocenters. The predicted octanol–water partition coefficient (Wildman–Crippen LogP) is 4.04. The molecule has 0 radical (unpaired) electrons. The van der Waals surface area contributed by atoms with Crippen LogP contribution in [0.2, 0.25) is 0 Å². The van der Waals surface area contributed by atoms with E-state index in [1.54, 1.807) is 23.4 Å². The van der Waals surface area contributed by atoms with E-state index < -0.39 is 0 Å². The number of rotatable bonds is 5. The maximum absolute atomic E-state index is 6.08. The molecule has 6 heterocycles. The number of pyridine rings is 2. The first-order valence-corrected chi connectivity index (χ1v) is 12.4. The molecule has 5 aromatic rings. The Bertz CT molecular complexity index is 1730. The van der Waals surface area contributed by atoms with Crippen LogP contribution in [0.15, 0.2) is 76.6 Å². The number of aryl methyl sites for hydroxylation is 1. The Kier molecular flexibility index (Phi) is 5.80. The minimum Gasteiger partial charge on any atom is -0.472 e. The monoisotopic (exact) mass is 507 g/mol. The summed E-state index contributed by atoms with van der Waals surface area (Å²) in [5.74, 6) is 0.838. The topological polar surface area (TPSA) is 140 Å². The van der Waals surface area contributed by atoms with Crippen molar-refractivity contribution in [3.8, 4) is 22.5 Å². The van der Waals surface area contributed by atoms with Gasteiger partial charge in [-0.1, -0.05) is 5.57 Å². The summed E-state index contributed by atoms with van der Waals surface area (Å²) in [6, 6.07) is 6.21. The van der Waals surface area contributed by atoms with Gasteiger partial charge >= 0.3 is 0 Å². The summed E-state index contributed by atoms with van der Waals surface area (Å²) < 4.78 is 7.07. The summed E-state index contributed by atoms with van der Waals surface area (Å²) in [7, 11) is 1.89. The molecule has 0 amide bonds. The molecule has 0 bridgehead atoms. The molecule has 0 aromatic carbocycles. The fraction of sp³-hybridized carbons (Fsp3) is 0.214. The van der Waals surface area contributed by atoms with Gasteiger partial charge in [0.2, 0.25) is 0 Å². The minimum atomic E-state index is 0.160. The third kappa shape index (κ3) is 4.14. The number of aliphatic imine (C=N–C) groups is 1. The number of aromatic amines is 1. The van der Waals surface area contributed by atoms with Crippen LogP contribution in [0.3, 0.4) is 0 Å². The van der Waals surface area contributed by atoms with E-state index in [0.29, 0.717) is 5.70 Å². The Morgan fingerprint density at radius 3 is 2.74 bits per heavy atom. The molecule has 192 valence electrons. The van der Waals surface area contributed by atoms with E-state index in [9.17, 15) is 0 Å². The number of likely N-dealkylation sites (tertiary alicyclic amines) is 1. The molecule has 0 atom stereocenters. The maximum atomic E-state index is 6.08. The third-order valence-electron chi connectivity index (χ3n) is 6.65. The predicted molar refractivity (Wildman–Crippen MR) is 150 cm³/mol. The zero-order chi connectivity index (χ0) is 26.4. The van der Waals surface area contributed by atoms with Gasteiger partial charge in [0, 0.05) is 72.2 Å². The van der Waals surface area contributed by atoms with E-state index in [-0.39, 0.29) is 6.04 Å². The first kappa shape index (κ1) is 23.7. The lowest BCUT2D eigenvalue weighted by molar-refractivity contribution is 0.256. The SMILES string of the molecule is CC(C)=CC(=N/C(=C\N)c1cnc2c(c1)c(-c1cc3c(-c4ccoc4)cncc3[nH]1)nn2C)N1CC(N)C1. The Morgan fingerprint density at radius 2 is 2.03 bits per heavy atom. The smallest absolute Gasteiger partial charge is 0.158 e. The molecule has 1 fully saturated rings. The van der Waals surface area contributed by atoms with Crippen molar-refractivity contribution in [1.82, 2.24) is 29.6 Å².